The van der Waals surface area contributed by atoms with Crippen LogP contribution in [0, 0.1) is 11.3 Å². The Labute approximate surface area is 120 Å². The first-order chi connectivity index (χ1) is 8.88. The van der Waals surface area contributed by atoms with Crippen molar-refractivity contribution in [3.05, 3.63) is 11.1 Å². The Hall–Kier alpha value is -0.900. The molecule has 0 aliphatic carbocycles. The highest BCUT2D eigenvalue weighted by Crippen LogP contribution is 2.35. The van der Waals surface area contributed by atoms with Crippen LogP contribution in [0.4, 0.5) is 5.13 Å². The van der Waals surface area contributed by atoms with E-state index in [2.05, 4.69) is 30.7 Å². The molecule has 4 heteroatoms. The lowest BCUT2D eigenvalue weighted by molar-refractivity contribution is 0.101. The normalized spacial score (nSPS) is 21.3. The van der Waals surface area contributed by atoms with Crippen molar-refractivity contribution in [3.63, 3.8) is 0 Å². The summed E-state index contributed by atoms with van der Waals surface area (Å²) in [5.41, 5.74) is 1.00. The standard InChI is InChI=1S/C15H24N2OS/c1-11(18)13-10-19-14(16-13)17-8-5-6-12(7-9-17)15(2,3)4/h10,12H,5-9H2,1-4H3. The molecule has 1 aliphatic rings. The third-order valence-electron chi connectivity index (χ3n) is 4.08. The molecule has 2 heterocycles. The summed E-state index contributed by atoms with van der Waals surface area (Å²) in [6, 6.07) is 0. The van der Waals surface area contributed by atoms with E-state index in [1.165, 1.54) is 19.3 Å². The number of anilines is 1. The fraction of sp³-hybridized carbons (Fsp3) is 0.733. The first kappa shape index (κ1) is 14.5. The number of aromatic nitrogens is 1. The molecule has 1 atom stereocenters. The van der Waals surface area contributed by atoms with Gasteiger partial charge in [-0.05, 0) is 30.6 Å². The van der Waals surface area contributed by atoms with Gasteiger partial charge in [-0.1, -0.05) is 20.8 Å². The number of hydrogen-bond donors (Lipinski definition) is 0. The predicted octanol–water partition coefficient (Wildman–Crippen LogP) is 4.00. The van der Waals surface area contributed by atoms with Crippen LogP contribution in [0.3, 0.4) is 0 Å². The second-order valence-corrected chi connectivity index (χ2v) is 7.39. The summed E-state index contributed by atoms with van der Waals surface area (Å²) in [5, 5.41) is 2.89. The highest BCUT2D eigenvalue weighted by Gasteiger charge is 2.27. The van der Waals surface area contributed by atoms with Gasteiger partial charge in [-0.15, -0.1) is 11.3 Å². The van der Waals surface area contributed by atoms with E-state index in [9.17, 15) is 4.79 Å². The van der Waals surface area contributed by atoms with Gasteiger partial charge in [-0.2, -0.15) is 0 Å². The summed E-state index contributed by atoms with van der Waals surface area (Å²) in [7, 11) is 0. The lowest BCUT2D eigenvalue weighted by atomic mass is 9.77. The summed E-state index contributed by atoms with van der Waals surface area (Å²) < 4.78 is 0. The Morgan fingerprint density at radius 3 is 2.68 bits per heavy atom. The molecule has 0 saturated carbocycles. The van der Waals surface area contributed by atoms with Gasteiger partial charge in [0.15, 0.2) is 10.9 Å². The maximum Gasteiger partial charge on any atom is 0.185 e. The molecule has 0 N–H and O–H groups in total. The van der Waals surface area contributed by atoms with Gasteiger partial charge in [0.2, 0.25) is 0 Å². The molecule has 0 bridgehead atoms. The molecule has 106 valence electrons. The van der Waals surface area contributed by atoms with Crippen molar-refractivity contribution in [2.24, 2.45) is 11.3 Å². The monoisotopic (exact) mass is 280 g/mol. The number of rotatable bonds is 2. The topological polar surface area (TPSA) is 33.2 Å². The van der Waals surface area contributed by atoms with Crippen molar-refractivity contribution in [3.8, 4) is 0 Å². The SMILES string of the molecule is CC(=O)c1csc(N2CCCC(C(C)(C)C)CC2)n1. The molecule has 19 heavy (non-hydrogen) atoms. The van der Waals surface area contributed by atoms with E-state index in [1.54, 1.807) is 18.3 Å². The van der Waals surface area contributed by atoms with Crippen molar-refractivity contribution in [1.82, 2.24) is 4.98 Å². The maximum absolute atomic E-state index is 11.3. The van der Waals surface area contributed by atoms with E-state index >= 15 is 0 Å². The summed E-state index contributed by atoms with van der Waals surface area (Å²) in [6.07, 6.45) is 3.74. The molecule has 0 radical (unpaired) electrons. The Bertz CT molecular complexity index is 447. The Balaban J connectivity index is 2.04. The molecule has 1 aromatic heterocycles. The van der Waals surface area contributed by atoms with Crippen LogP contribution in [-0.4, -0.2) is 23.9 Å². The van der Waals surface area contributed by atoms with Crippen LogP contribution in [0.25, 0.3) is 0 Å². The van der Waals surface area contributed by atoms with Crippen molar-refractivity contribution < 1.29 is 4.79 Å². The van der Waals surface area contributed by atoms with Crippen molar-refractivity contribution >= 4 is 22.3 Å². The van der Waals surface area contributed by atoms with Gasteiger partial charge in [-0.3, -0.25) is 4.79 Å². The highest BCUT2D eigenvalue weighted by molar-refractivity contribution is 7.13. The van der Waals surface area contributed by atoms with Crippen LogP contribution in [0.2, 0.25) is 0 Å². The van der Waals surface area contributed by atoms with Crippen LogP contribution in [-0.2, 0) is 0 Å². The fourth-order valence-electron chi connectivity index (χ4n) is 2.72. The van der Waals surface area contributed by atoms with E-state index in [0.717, 1.165) is 24.1 Å². The Kier molecular flexibility index (Phi) is 4.29. The number of thiazole rings is 1. The molecule has 1 aromatic rings. The van der Waals surface area contributed by atoms with Crippen LogP contribution in [0.15, 0.2) is 5.38 Å². The zero-order valence-electron chi connectivity index (χ0n) is 12.4. The van der Waals surface area contributed by atoms with Gasteiger partial charge in [0, 0.05) is 25.4 Å². The second kappa shape index (κ2) is 5.61. The summed E-state index contributed by atoms with van der Waals surface area (Å²) >= 11 is 1.60. The molecule has 0 aromatic carbocycles. The predicted molar refractivity (Wildman–Crippen MR) is 81.1 cm³/mol. The van der Waals surface area contributed by atoms with Crippen molar-refractivity contribution in [2.45, 2.75) is 47.0 Å². The molecule has 1 aliphatic heterocycles. The summed E-state index contributed by atoms with van der Waals surface area (Å²) in [6.45, 7) is 10.7. The van der Waals surface area contributed by atoms with Gasteiger partial charge in [0.05, 0.1) is 0 Å². The fourth-order valence-corrected chi connectivity index (χ4v) is 3.64. The van der Waals surface area contributed by atoms with Crippen LogP contribution >= 0.6 is 11.3 Å². The number of ketones is 1. The third kappa shape index (κ3) is 3.56. The zero-order valence-corrected chi connectivity index (χ0v) is 13.2. The molecule has 2 rings (SSSR count). The Morgan fingerprint density at radius 1 is 1.37 bits per heavy atom. The van der Waals surface area contributed by atoms with Gasteiger partial charge in [0.25, 0.3) is 0 Å². The summed E-state index contributed by atoms with van der Waals surface area (Å²) in [5.74, 6) is 0.842. The minimum atomic E-state index is 0.0601. The molecule has 1 unspecified atom stereocenters. The van der Waals surface area contributed by atoms with Crippen LogP contribution < -0.4 is 4.90 Å². The molecular formula is C15H24N2OS. The third-order valence-corrected chi connectivity index (χ3v) is 4.98. The number of Topliss-reactive ketones (excluding diaryl/α,β-unsaturated/α-hetero) is 1. The first-order valence-electron chi connectivity index (χ1n) is 7.09. The summed E-state index contributed by atoms with van der Waals surface area (Å²) in [4.78, 5) is 18.1. The second-order valence-electron chi connectivity index (χ2n) is 6.55. The largest absolute Gasteiger partial charge is 0.348 e. The van der Waals surface area contributed by atoms with E-state index < -0.39 is 0 Å². The van der Waals surface area contributed by atoms with Crippen LogP contribution in [0.5, 0.6) is 0 Å². The molecule has 1 saturated heterocycles. The number of carbonyl (C=O) groups excluding carboxylic acids is 1. The number of nitrogens with zero attached hydrogens (tertiary/aromatic N) is 2. The number of hydrogen-bond acceptors (Lipinski definition) is 4. The van der Waals surface area contributed by atoms with E-state index in [1.807, 2.05) is 5.38 Å². The molecule has 1 fully saturated rings. The number of carbonyl (C=O) groups is 1. The average molecular weight is 280 g/mol. The molecule has 0 spiro atoms. The lowest BCUT2D eigenvalue weighted by Gasteiger charge is -2.29. The van der Waals surface area contributed by atoms with Gasteiger partial charge >= 0.3 is 0 Å². The van der Waals surface area contributed by atoms with Crippen molar-refractivity contribution in [2.75, 3.05) is 18.0 Å². The lowest BCUT2D eigenvalue weighted by Crippen LogP contribution is -2.26. The smallest absolute Gasteiger partial charge is 0.185 e. The van der Waals surface area contributed by atoms with E-state index in [0.29, 0.717) is 11.1 Å². The minimum Gasteiger partial charge on any atom is -0.348 e. The molecular weight excluding hydrogens is 256 g/mol. The van der Waals surface area contributed by atoms with Gasteiger partial charge < -0.3 is 4.90 Å². The van der Waals surface area contributed by atoms with Crippen LogP contribution in [0.1, 0.15) is 57.4 Å². The Morgan fingerprint density at radius 2 is 2.11 bits per heavy atom. The molecule has 3 nitrogen and oxygen atoms in total. The minimum absolute atomic E-state index is 0.0601. The quantitative estimate of drug-likeness (QED) is 0.768. The average Bonchev–Trinajstić information content (AvgIpc) is 2.66. The van der Waals surface area contributed by atoms with Gasteiger partial charge in [-0.25, -0.2) is 4.98 Å². The van der Waals surface area contributed by atoms with Gasteiger partial charge in [0.1, 0.15) is 5.69 Å². The molecule has 0 amide bonds. The van der Waals surface area contributed by atoms with Crippen molar-refractivity contribution in [1.29, 1.82) is 0 Å². The maximum atomic E-state index is 11.3. The first-order valence-corrected chi connectivity index (χ1v) is 7.97. The van der Waals surface area contributed by atoms with E-state index in [4.69, 9.17) is 0 Å². The van der Waals surface area contributed by atoms with E-state index in [-0.39, 0.29) is 5.78 Å². The zero-order chi connectivity index (χ0) is 14.0. The highest BCUT2D eigenvalue weighted by atomic mass is 32.1.